The van der Waals surface area contributed by atoms with E-state index in [0.717, 1.165) is 10.5 Å². The number of hydrogen-bond acceptors (Lipinski definition) is 8. The summed E-state index contributed by atoms with van der Waals surface area (Å²) >= 11 is 0. The highest BCUT2D eigenvalue weighted by molar-refractivity contribution is 6.60. The van der Waals surface area contributed by atoms with E-state index in [9.17, 15) is 19.2 Å². The average Bonchev–Trinajstić information content (AvgIpc) is 2.83. The third-order valence-electron chi connectivity index (χ3n) is 5.21. The number of carbonyl (C=O) groups excluding carboxylic acids is 4. The van der Waals surface area contributed by atoms with Gasteiger partial charge in [-0.3, -0.25) is 19.8 Å². The number of rotatable bonds is 15. The molecule has 0 bridgehead atoms. The number of amides is 5. The van der Waals surface area contributed by atoms with E-state index in [-0.39, 0.29) is 19.6 Å². The van der Waals surface area contributed by atoms with Crippen LogP contribution < -0.4 is 10.6 Å². The molecule has 0 aliphatic carbocycles. The molecule has 5 amide bonds. The van der Waals surface area contributed by atoms with Crippen molar-refractivity contribution in [3.63, 3.8) is 0 Å². The van der Waals surface area contributed by atoms with Gasteiger partial charge < -0.3 is 23.3 Å². The highest BCUT2D eigenvalue weighted by atomic mass is 28.4. The second-order valence-electron chi connectivity index (χ2n) is 7.67. The number of carbonyl (C=O) groups is 4. The molecule has 1 aliphatic heterocycles. The van der Waals surface area contributed by atoms with Crippen molar-refractivity contribution in [1.82, 2.24) is 15.5 Å². The van der Waals surface area contributed by atoms with Crippen LogP contribution in [0.2, 0.25) is 6.04 Å². The lowest BCUT2D eigenvalue weighted by atomic mass is 9.95. The van der Waals surface area contributed by atoms with Crippen molar-refractivity contribution in [2.24, 2.45) is 5.92 Å². The molecule has 1 aliphatic rings. The molecule has 1 saturated heterocycles. The molecule has 1 aromatic carbocycles. The van der Waals surface area contributed by atoms with Gasteiger partial charge in [0, 0.05) is 32.4 Å². The quantitative estimate of drug-likeness (QED) is 0.209. The van der Waals surface area contributed by atoms with Crippen molar-refractivity contribution in [2.75, 3.05) is 39.5 Å². The molecule has 0 radical (unpaired) electrons. The first kappa shape index (κ1) is 28.4. The number of nitrogens with one attached hydrogen (secondary N) is 2. The Labute approximate surface area is 206 Å². The minimum Gasteiger partial charge on any atom is -0.448 e. The van der Waals surface area contributed by atoms with Crippen LogP contribution in [0.1, 0.15) is 32.8 Å². The highest BCUT2D eigenvalue weighted by Crippen LogP contribution is 2.18. The van der Waals surface area contributed by atoms with Gasteiger partial charge >= 0.3 is 20.9 Å². The first-order valence-corrected chi connectivity index (χ1v) is 13.8. The Bertz CT molecular complexity index is 837. The van der Waals surface area contributed by atoms with Crippen LogP contribution in [-0.2, 0) is 34.0 Å². The second-order valence-corrected chi connectivity index (χ2v) is 10.4. The van der Waals surface area contributed by atoms with E-state index in [0.29, 0.717) is 38.8 Å². The minimum absolute atomic E-state index is 0.161. The minimum atomic E-state index is -2.78. The topological polar surface area (TPSA) is 132 Å². The van der Waals surface area contributed by atoms with Crippen molar-refractivity contribution in [3.05, 3.63) is 35.9 Å². The Balaban J connectivity index is 1.77. The van der Waals surface area contributed by atoms with Gasteiger partial charge in [0.05, 0.1) is 6.54 Å². The summed E-state index contributed by atoms with van der Waals surface area (Å²) in [7, 11) is -2.78. The van der Waals surface area contributed by atoms with Crippen LogP contribution in [0.5, 0.6) is 0 Å². The predicted molar refractivity (Wildman–Crippen MR) is 128 cm³/mol. The fourth-order valence-electron chi connectivity index (χ4n) is 3.68. The van der Waals surface area contributed by atoms with Gasteiger partial charge in [-0.25, -0.2) is 9.59 Å². The molecule has 12 heteroatoms. The van der Waals surface area contributed by atoms with E-state index in [1.165, 1.54) is 0 Å². The van der Waals surface area contributed by atoms with E-state index in [2.05, 4.69) is 10.6 Å². The van der Waals surface area contributed by atoms with Gasteiger partial charge in [-0.2, -0.15) is 0 Å². The van der Waals surface area contributed by atoms with Crippen LogP contribution in [0.25, 0.3) is 0 Å². The van der Waals surface area contributed by atoms with Gasteiger partial charge in [0.2, 0.25) is 11.8 Å². The third-order valence-corrected chi connectivity index (χ3v) is 8.36. The second kappa shape index (κ2) is 14.6. The van der Waals surface area contributed by atoms with E-state index in [1.54, 1.807) is 12.1 Å². The summed E-state index contributed by atoms with van der Waals surface area (Å²) in [6, 6.07) is 8.78. The molecule has 0 aromatic heterocycles. The van der Waals surface area contributed by atoms with E-state index >= 15 is 0 Å². The number of alkyl carbamates (subject to hydrolysis) is 1. The standard InChI is InChI=1S/C23H35N3O8Si/c1-4-32-35(33-5-2,34-6-3)16-10-13-24-23(30)31-15-14-26-21(28)19(20(27)25-22(26)29)17-18-11-8-7-9-12-18/h7-9,11-12,19H,4-6,10,13-17H2,1-3H3,(H,24,30)(H,25,27,29). The Hall–Kier alpha value is -2.80. The maximum atomic E-state index is 12.7. The molecule has 194 valence electrons. The van der Waals surface area contributed by atoms with Crippen molar-refractivity contribution in [3.8, 4) is 0 Å². The maximum absolute atomic E-state index is 12.7. The van der Waals surface area contributed by atoms with Crippen molar-refractivity contribution in [2.45, 2.75) is 39.7 Å². The fourth-order valence-corrected chi connectivity index (χ4v) is 6.29. The zero-order valence-corrected chi connectivity index (χ0v) is 21.5. The van der Waals surface area contributed by atoms with Gasteiger partial charge in [0.25, 0.3) is 0 Å². The summed E-state index contributed by atoms with van der Waals surface area (Å²) in [5.74, 6) is -2.27. The van der Waals surface area contributed by atoms with Gasteiger partial charge in [-0.15, -0.1) is 0 Å². The SMILES string of the molecule is CCO[Si](CCCNC(=O)OCCN1C(=O)NC(=O)C(Cc2ccccc2)C1=O)(OCC)OCC. The summed E-state index contributed by atoms with van der Waals surface area (Å²) in [6.07, 6.45) is 0.0628. The molecule has 1 atom stereocenters. The van der Waals surface area contributed by atoms with E-state index in [4.69, 9.17) is 18.0 Å². The lowest BCUT2D eigenvalue weighted by Gasteiger charge is -2.30. The number of hydrogen-bond donors (Lipinski definition) is 2. The van der Waals surface area contributed by atoms with Crippen LogP contribution in [0, 0.1) is 5.92 Å². The molecule has 1 unspecified atom stereocenters. The monoisotopic (exact) mass is 509 g/mol. The lowest BCUT2D eigenvalue weighted by Crippen LogP contribution is -2.59. The van der Waals surface area contributed by atoms with Crippen molar-refractivity contribution < 1.29 is 37.2 Å². The Kier molecular flexibility index (Phi) is 11.8. The summed E-state index contributed by atoms with van der Waals surface area (Å²) in [5.41, 5.74) is 0.802. The first-order chi connectivity index (χ1) is 16.9. The summed E-state index contributed by atoms with van der Waals surface area (Å²) in [5, 5.41) is 4.82. The van der Waals surface area contributed by atoms with Gasteiger partial charge in [0.15, 0.2) is 0 Å². The van der Waals surface area contributed by atoms with Crippen LogP contribution in [-0.4, -0.2) is 77.2 Å². The Morgan fingerprint density at radius 1 is 1.03 bits per heavy atom. The largest absolute Gasteiger partial charge is 0.500 e. The highest BCUT2D eigenvalue weighted by Gasteiger charge is 2.41. The normalized spacial score (nSPS) is 16.3. The molecule has 35 heavy (non-hydrogen) atoms. The Morgan fingerprint density at radius 3 is 2.26 bits per heavy atom. The summed E-state index contributed by atoms with van der Waals surface area (Å²) in [6.45, 7) is 7.01. The molecule has 1 heterocycles. The number of ether oxygens (including phenoxy) is 1. The number of nitrogens with zero attached hydrogens (tertiary/aromatic N) is 1. The van der Waals surface area contributed by atoms with Crippen LogP contribution in [0.4, 0.5) is 9.59 Å². The summed E-state index contributed by atoms with van der Waals surface area (Å²) < 4.78 is 22.4. The number of barbiturate groups is 1. The number of urea groups is 1. The zero-order valence-electron chi connectivity index (χ0n) is 20.5. The average molecular weight is 510 g/mol. The van der Waals surface area contributed by atoms with E-state index in [1.807, 2.05) is 39.0 Å². The third kappa shape index (κ3) is 8.73. The molecular formula is C23H35N3O8Si. The van der Waals surface area contributed by atoms with Crippen molar-refractivity contribution >= 4 is 32.7 Å². The fraction of sp³-hybridized carbons (Fsp3) is 0.565. The van der Waals surface area contributed by atoms with Gasteiger partial charge in [-0.1, -0.05) is 30.3 Å². The Morgan fingerprint density at radius 2 is 1.66 bits per heavy atom. The number of benzene rings is 1. The van der Waals surface area contributed by atoms with E-state index < -0.39 is 38.7 Å². The van der Waals surface area contributed by atoms with Crippen LogP contribution >= 0.6 is 0 Å². The molecule has 0 saturated carbocycles. The molecule has 2 N–H and O–H groups in total. The molecule has 1 aromatic rings. The smallest absolute Gasteiger partial charge is 0.448 e. The number of imide groups is 2. The molecule has 0 spiro atoms. The van der Waals surface area contributed by atoms with Crippen LogP contribution in [0.3, 0.4) is 0 Å². The first-order valence-electron chi connectivity index (χ1n) is 11.9. The summed E-state index contributed by atoms with van der Waals surface area (Å²) in [4.78, 5) is 50.0. The molecule has 1 fully saturated rings. The molecule has 2 rings (SSSR count). The van der Waals surface area contributed by atoms with Gasteiger partial charge in [-0.05, 0) is 39.2 Å². The van der Waals surface area contributed by atoms with Gasteiger partial charge in [0.1, 0.15) is 12.5 Å². The predicted octanol–water partition coefficient (Wildman–Crippen LogP) is 2.09. The van der Waals surface area contributed by atoms with Crippen LogP contribution in [0.15, 0.2) is 30.3 Å². The zero-order chi connectivity index (χ0) is 25.7. The molecular weight excluding hydrogens is 474 g/mol. The van der Waals surface area contributed by atoms with Crippen molar-refractivity contribution in [1.29, 1.82) is 0 Å². The molecule has 11 nitrogen and oxygen atoms in total. The lowest BCUT2D eigenvalue weighted by molar-refractivity contribution is -0.142. The maximum Gasteiger partial charge on any atom is 0.500 e.